The zero-order valence-electron chi connectivity index (χ0n) is 18.3. The van der Waals surface area contributed by atoms with Gasteiger partial charge in [0.15, 0.2) is 0 Å². The van der Waals surface area contributed by atoms with Gasteiger partial charge in [0.1, 0.15) is 5.72 Å². The molecule has 28 heavy (non-hydrogen) atoms. The second-order valence-corrected chi connectivity index (χ2v) is 8.52. The van der Waals surface area contributed by atoms with Crippen LogP contribution in [0.4, 0.5) is 0 Å². The van der Waals surface area contributed by atoms with Gasteiger partial charge < -0.3 is 15.1 Å². The highest BCUT2D eigenvalue weighted by atomic mass is 31.1. The average Bonchev–Trinajstić information content (AvgIpc) is 2.66. The monoisotopic (exact) mass is 423 g/mol. The van der Waals surface area contributed by atoms with Crippen molar-refractivity contribution in [3.63, 3.8) is 0 Å². The first kappa shape index (κ1) is 28.0. The van der Waals surface area contributed by atoms with Gasteiger partial charge in [-0.25, -0.2) is 0 Å². The largest absolute Gasteiger partial charge is 0.395 e. The number of rotatable bonds is 21. The first-order valence-corrected chi connectivity index (χ1v) is 12.7. The molecule has 0 radical (unpaired) electrons. The molecule has 0 saturated heterocycles. The number of aliphatic hydroxyl groups is 2. The number of hydrogen-bond donors (Lipinski definition) is 3. The zero-order valence-corrected chi connectivity index (χ0v) is 19.3. The summed E-state index contributed by atoms with van der Waals surface area (Å²) in [4.78, 5) is 11.5. The molecule has 0 amide bonds. The van der Waals surface area contributed by atoms with Gasteiger partial charge in [0, 0.05) is 13.1 Å². The molecule has 0 aliphatic rings. The number of nitrogens with zero attached hydrogens (tertiary/aromatic N) is 1. The second kappa shape index (κ2) is 19.0. The van der Waals surface area contributed by atoms with E-state index in [-0.39, 0.29) is 13.2 Å². The molecule has 0 aromatic carbocycles. The molecule has 170 valence electrons. The summed E-state index contributed by atoms with van der Waals surface area (Å²) in [6.45, 7) is 4.93. The van der Waals surface area contributed by atoms with Crippen LogP contribution in [-0.4, -0.2) is 52.0 Å². The highest BCUT2D eigenvalue weighted by Crippen LogP contribution is 2.38. The van der Waals surface area contributed by atoms with Crippen LogP contribution >= 0.6 is 8.25 Å². The lowest BCUT2D eigenvalue weighted by Gasteiger charge is -2.43. The van der Waals surface area contributed by atoms with E-state index in [2.05, 4.69) is 13.8 Å². The molecular weight excluding hydrogens is 377 g/mol. The van der Waals surface area contributed by atoms with Gasteiger partial charge in [-0.05, 0) is 25.7 Å². The molecule has 0 rings (SSSR count). The molecule has 0 aliphatic heterocycles. The van der Waals surface area contributed by atoms with Crippen molar-refractivity contribution in [3.05, 3.63) is 0 Å². The predicted molar refractivity (Wildman–Crippen MR) is 117 cm³/mol. The maximum atomic E-state index is 11.7. The quantitative estimate of drug-likeness (QED) is 0.139. The van der Waals surface area contributed by atoms with Crippen molar-refractivity contribution in [1.29, 1.82) is 0 Å². The number of hydrogen-bond acceptors (Lipinski definition) is 5. The summed E-state index contributed by atoms with van der Waals surface area (Å²) in [5.41, 5.74) is -0.869. The van der Waals surface area contributed by atoms with E-state index < -0.39 is 14.0 Å². The van der Waals surface area contributed by atoms with Crippen LogP contribution in [0.1, 0.15) is 104 Å². The highest BCUT2D eigenvalue weighted by Gasteiger charge is 2.38. The Morgan fingerprint density at radius 3 is 1.50 bits per heavy atom. The molecule has 0 aromatic heterocycles. The molecule has 6 nitrogen and oxygen atoms in total. The number of unbranched alkanes of at least 4 members (excludes halogenated alkanes) is 10. The Kier molecular flexibility index (Phi) is 19.0. The van der Waals surface area contributed by atoms with E-state index in [0.717, 1.165) is 38.5 Å². The van der Waals surface area contributed by atoms with Crippen LogP contribution in [0.2, 0.25) is 0 Å². The average molecular weight is 424 g/mol. The lowest BCUT2D eigenvalue weighted by Crippen LogP contribution is -2.52. The molecular formula is C21H46NO5P. The maximum Gasteiger partial charge on any atom is 0.318 e. The summed E-state index contributed by atoms with van der Waals surface area (Å²) in [5.74, 6) is 0. The fourth-order valence-electron chi connectivity index (χ4n) is 3.89. The van der Waals surface area contributed by atoms with E-state index in [1.54, 1.807) is 0 Å². The van der Waals surface area contributed by atoms with Crippen molar-refractivity contribution >= 4 is 8.25 Å². The Morgan fingerprint density at radius 2 is 1.14 bits per heavy atom. The summed E-state index contributed by atoms with van der Waals surface area (Å²) >= 11 is 0. The molecule has 3 N–H and O–H groups in total. The molecule has 0 spiro atoms. The van der Waals surface area contributed by atoms with Crippen LogP contribution < -0.4 is 0 Å². The van der Waals surface area contributed by atoms with Crippen LogP contribution in [-0.2, 0) is 9.09 Å². The molecule has 0 fully saturated rings. The van der Waals surface area contributed by atoms with Crippen molar-refractivity contribution in [2.24, 2.45) is 0 Å². The van der Waals surface area contributed by atoms with Crippen LogP contribution in [0.25, 0.3) is 0 Å². The van der Waals surface area contributed by atoms with Gasteiger partial charge in [0.2, 0.25) is 0 Å². The minimum absolute atomic E-state index is 0.0650. The summed E-state index contributed by atoms with van der Waals surface area (Å²) < 4.78 is 17.4. The highest BCUT2D eigenvalue weighted by molar-refractivity contribution is 7.32. The predicted octanol–water partition coefficient (Wildman–Crippen LogP) is 4.87. The van der Waals surface area contributed by atoms with Gasteiger partial charge in [-0.2, -0.15) is 0 Å². The molecule has 0 heterocycles. The molecule has 0 saturated carbocycles. The van der Waals surface area contributed by atoms with Crippen LogP contribution in [0.15, 0.2) is 0 Å². The SMILES string of the molecule is CCCCCCCCC(CCCCCCCC)(O[PH](=O)O)N(CCO)CCO. The summed E-state index contributed by atoms with van der Waals surface area (Å²) in [5, 5.41) is 19.0. The van der Waals surface area contributed by atoms with Crippen LogP contribution in [0.5, 0.6) is 0 Å². The van der Waals surface area contributed by atoms with Gasteiger partial charge in [-0.3, -0.25) is 14.0 Å². The summed E-state index contributed by atoms with van der Waals surface area (Å²) in [6, 6.07) is 0. The number of aliphatic hydroxyl groups excluding tert-OH is 2. The van der Waals surface area contributed by atoms with Gasteiger partial charge in [-0.15, -0.1) is 0 Å². The lowest BCUT2D eigenvalue weighted by atomic mass is 9.95. The van der Waals surface area contributed by atoms with Crippen molar-refractivity contribution in [3.8, 4) is 0 Å². The fourth-order valence-corrected chi connectivity index (χ4v) is 4.55. The smallest absolute Gasteiger partial charge is 0.318 e. The third kappa shape index (κ3) is 13.3. The minimum Gasteiger partial charge on any atom is -0.395 e. The van der Waals surface area contributed by atoms with Crippen molar-refractivity contribution < 1.29 is 24.2 Å². The summed E-state index contributed by atoms with van der Waals surface area (Å²) in [7, 11) is -3.13. The molecule has 7 heteroatoms. The molecule has 0 aliphatic carbocycles. The van der Waals surface area contributed by atoms with Crippen molar-refractivity contribution in [1.82, 2.24) is 4.90 Å². The van der Waals surface area contributed by atoms with Crippen molar-refractivity contribution in [2.75, 3.05) is 26.3 Å². The van der Waals surface area contributed by atoms with Crippen LogP contribution in [0.3, 0.4) is 0 Å². The van der Waals surface area contributed by atoms with E-state index in [9.17, 15) is 19.7 Å². The van der Waals surface area contributed by atoms with E-state index in [1.807, 2.05) is 4.90 Å². The first-order valence-electron chi connectivity index (χ1n) is 11.4. The van der Waals surface area contributed by atoms with Gasteiger partial charge >= 0.3 is 8.25 Å². The fraction of sp³-hybridized carbons (Fsp3) is 1.00. The van der Waals surface area contributed by atoms with Gasteiger partial charge in [0.25, 0.3) is 0 Å². The van der Waals surface area contributed by atoms with Crippen LogP contribution in [0, 0.1) is 0 Å². The third-order valence-electron chi connectivity index (χ3n) is 5.44. The Morgan fingerprint density at radius 1 is 0.750 bits per heavy atom. The first-order chi connectivity index (χ1) is 13.6. The lowest BCUT2D eigenvalue weighted by molar-refractivity contribution is -0.111. The van der Waals surface area contributed by atoms with Gasteiger partial charge in [-0.1, -0.05) is 78.1 Å². The zero-order chi connectivity index (χ0) is 21.1. The Hall–Kier alpha value is 0.0300. The minimum atomic E-state index is -3.13. The van der Waals surface area contributed by atoms with E-state index in [1.165, 1.54) is 38.5 Å². The third-order valence-corrected chi connectivity index (χ3v) is 5.99. The maximum absolute atomic E-state index is 11.7. The molecule has 0 aromatic rings. The van der Waals surface area contributed by atoms with E-state index in [0.29, 0.717) is 25.9 Å². The topological polar surface area (TPSA) is 90.2 Å². The van der Waals surface area contributed by atoms with E-state index in [4.69, 9.17) is 4.52 Å². The Labute approximate surface area is 173 Å². The normalized spacial score (nSPS) is 13.4. The Balaban J connectivity index is 5.00. The van der Waals surface area contributed by atoms with E-state index >= 15 is 0 Å². The Bertz CT molecular complexity index is 349. The van der Waals surface area contributed by atoms with Crippen molar-refractivity contribution in [2.45, 2.75) is 109 Å². The molecule has 1 unspecified atom stereocenters. The molecule has 1 atom stereocenters. The standard InChI is InChI=1S/C21H46NO5P/c1-3-5-7-9-11-13-15-21(27-28(25)26,22(17-19-23)18-20-24)16-14-12-10-8-6-4-2/h23-24,28H,3-20H2,1-2H3,(H,25,26). The summed E-state index contributed by atoms with van der Waals surface area (Å²) in [6.07, 6.45) is 14.9. The van der Waals surface area contributed by atoms with Gasteiger partial charge in [0.05, 0.1) is 13.2 Å². The second-order valence-electron chi connectivity index (χ2n) is 7.78. The molecule has 0 bridgehead atoms.